The van der Waals surface area contributed by atoms with Gasteiger partial charge in [-0.25, -0.2) is 0 Å². The van der Waals surface area contributed by atoms with Gasteiger partial charge in [-0.05, 0) is 51.4 Å². The van der Waals surface area contributed by atoms with Gasteiger partial charge in [-0.3, -0.25) is 26.6 Å². The van der Waals surface area contributed by atoms with Crippen LogP contribution in [0.15, 0.2) is 0 Å². The van der Waals surface area contributed by atoms with E-state index in [1.165, 1.54) is 4.31 Å². The molecule has 4 aliphatic rings. The number of nitrogens with one attached hydrogen (secondary N) is 5. The van der Waals surface area contributed by atoms with E-state index in [9.17, 15) is 35.1 Å². The molecule has 0 aromatic rings. The molecule has 2 heterocycles. The molecule has 2 saturated heterocycles. The lowest BCUT2D eigenvalue weighted by Gasteiger charge is -2.44. The molecule has 0 spiro atoms. The van der Waals surface area contributed by atoms with Gasteiger partial charge < -0.3 is 9.29 Å². The second-order valence-corrected chi connectivity index (χ2v) is 14.4. The molecule has 240 valence electrons. The molecule has 5 N–H and O–H groups in total. The Morgan fingerprint density at radius 1 is 0.927 bits per heavy atom. The Hall–Kier alpha value is -0.300. The summed E-state index contributed by atoms with van der Waals surface area (Å²) < 4.78 is 111. The number of halogens is 7. The monoisotopic (exact) mass is 642 g/mol. The SMILES string of the molecule is CC1C(Cl)CCCC1[S+](=O)([O-])N1CCC(NC2NC(NC3CCCC(C(F)(F)F)C3)NC(OCC(F)(F)F)N2)CC1. The molecule has 0 aromatic carbocycles. The van der Waals surface area contributed by atoms with Crippen LogP contribution < -0.4 is 26.6 Å². The molecule has 2 saturated carbocycles. The zero-order valence-electron chi connectivity index (χ0n) is 22.9. The Morgan fingerprint density at radius 3 is 2.15 bits per heavy atom. The molecule has 2 aliphatic carbocycles. The predicted octanol–water partition coefficient (Wildman–Crippen LogP) is 3.30. The van der Waals surface area contributed by atoms with Crippen LogP contribution in [0.5, 0.6) is 0 Å². The highest BCUT2D eigenvalue weighted by molar-refractivity contribution is 7.96. The van der Waals surface area contributed by atoms with Gasteiger partial charge >= 0.3 is 12.4 Å². The third kappa shape index (κ3) is 9.35. The summed E-state index contributed by atoms with van der Waals surface area (Å²) >= 11 is 6.36. The van der Waals surface area contributed by atoms with Gasteiger partial charge in [-0.15, -0.1) is 15.9 Å². The van der Waals surface area contributed by atoms with Crippen LogP contribution >= 0.6 is 11.6 Å². The highest BCUT2D eigenvalue weighted by Crippen LogP contribution is 2.38. The minimum atomic E-state index is -4.57. The van der Waals surface area contributed by atoms with Crippen LogP contribution in [0.3, 0.4) is 0 Å². The van der Waals surface area contributed by atoms with E-state index < -0.39 is 65.5 Å². The van der Waals surface area contributed by atoms with Gasteiger partial charge in [0.1, 0.15) is 34.8 Å². The van der Waals surface area contributed by atoms with E-state index in [1.54, 1.807) is 0 Å². The molecule has 9 unspecified atom stereocenters. The third-order valence-corrected chi connectivity index (χ3v) is 11.8. The van der Waals surface area contributed by atoms with E-state index in [1.807, 2.05) is 6.92 Å². The van der Waals surface area contributed by atoms with Crippen LogP contribution in [-0.4, -0.2) is 82.5 Å². The van der Waals surface area contributed by atoms with Crippen LogP contribution in [0.1, 0.15) is 64.7 Å². The Bertz CT molecular complexity index is 899. The molecule has 0 aromatic heterocycles. The topological polar surface area (TPSA) is 113 Å². The largest absolute Gasteiger partial charge is 0.597 e. The van der Waals surface area contributed by atoms with Crippen molar-refractivity contribution in [1.82, 2.24) is 30.9 Å². The molecule has 0 amide bonds. The summed E-state index contributed by atoms with van der Waals surface area (Å²) in [5.74, 6) is -1.59. The molecule has 17 heteroatoms. The quantitative estimate of drug-likeness (QED) is 0.156. The van der Waals surface area contributed by atoms with E-state index in [0.29, 0.717) is 32.1 Å². The summed E-state index contributed by atoms with van der Waals surface area (Å²) in [5, 5.41) is 14.4. The maximum atomic E-state index is 13.3. The number of sulfonamides is 1. The van der Waals surface area contributed by atoms with Gasteiger partial charge in [-0.2, -0.15) is 26.3 Å². The standard InChI is InChI=1S/C24H41ClF6N6O3S/c1-14-18(25)6-3-7-19(14)41(38,39)37-10-8-16(9-11-37)32-20-34-21(36-22(35-20)40-13-23(26,27)28)33-17-5-2-4-15(12-17)24(29,30)31/h14-22,32-36H,2-13H2,1H3. The number of piperidine rings is 1. The highest BCUT2D eigenvalue weighted by atomic mass is 35.5. The minimum Gasteiger partial charge on any atom is -0.597 e. The molecule has 41 heavy (non-hydrogen) atoms. The summed E-state index contributed by atoms with van der Waals surface area (Å²) in [6, 6.07) is -0.659. The van der Waals surface area contributed by atoms with Crippen molar-refractivity contribution in [2.45, 2.75) is 119 Å². The Kier molecular flexibility index (Phi) is 11.3. The van der Waals surface area contributed by atoms with Gasteiger partial charge in [0.15, 0.2) is 6.35 Å². The molecule has 4 rings (SSSR count). The zero-order valence-corrected chi connectivity index (χ0v) is 24.5. The molecule has 9 atom stereocenters. The maximum absolute atomic E-state index is 13.3. The van der Waals surface area contributed by atoms with Gasteiger partial charge in [0.05, 0.1) is 5.92 Å². The fourth-order valence-electron chi connectivity index (χ4n) is 6.35. The normalized spacial score (nSPS) is 38.5. The van der Waals surface area contributed by atoms with Crippen LogP contribution in [0, 0.1) is 11.8 Å². The number of rotatable bonds is 8. The van der Waals surface area contributed by atoms with Gasteiger partial charge in [0.25, 0.3) is 0 Å². The number of ether oxygens (including phenoxy) is 1. The lowest BCUT2D eigenvalue weighted by molar-refractivity contribution is -0.199. The van der Waals surface area contributed by atoms with Crippen molar-refractivity contribution in [1.29, 1.82) is 0 Å². The van der Waals surface area contributed by atoms with E-state index in [-0.39, 0.29) is 43.3 Å². The van der Waals surface area contributed by atoms with E-state index in [4.69, 9.17) is 16.3 Å². The van der Waals surface area contributed by atoms with Crippen LogP contribution in [0.4, 0.5) is 26.3 Å². The Labute approximate surface area is 243 Å². The molecule has 0 radical (unpaired) electrons. The van der Waals surface area contributed by atoms with Crippen molar-refractivity contribution >= 4 is 22.0 Å². The Morgan fingerprint density at radius 2 is 1.54 bits per heavy atom. The van der Waals surface area contributed by atoms with E-state index in [0.717, 1.165) is 12.8 Å². The summed E-state index contributed by atoms with van der Waals surface area (Å²) in [4.78, 5) is 0. The van der Waals surface area contributed by atoms with E-state index >= 15 is 0 Å². The first-order valence-corrected chi connectivity index (χ1v) is 16.2. The first-order valence-electron chi connectivity index (χ1n) is 14.3. The van der Waals surface area contributed by atoms with Crippen molar-refractivity contribution in [3.8, 4) is 0 Å². The van der Waals surface area contributed by atoms with Crippen molar-refractivity contribution in [2.24, 2.45) is 11.8 Å². The second kappa shape index (κ2) is 13.8. The average molecular weight is 643 g/mol. The first-order chi connectivity index (χ1) is 19.1. The van der Waals surface area contributed by atoms with Crippen LogP contribution in [-0.2, 0) is 19.3 Å². The fraction of sp³-hybridized carbons (Fsp3) is 1.00. The van der Waals surface area contributed by atoms with Crippen molar-refractivity contribution < 1.29 is 39.8 Å². The van der Waals surface area contributed by atoms with Gasteiger partial charge in [-0.1, -0.05) is 17.6 Å². The summed E-state index contributed by atoms with van der Waals surface area (Å²) in [5.41, 5.74) is 0. The summed E-state index contributed by atoms with van der Waals surface area (Å²) in [7, 11) is -3.53. The minimum absolute atomic E-state index is 0.0524. The van der Waals surface area contributed by atoms with Gasteiger partial charge in [0.2, 0.25) is 0 Å². The predicted molar refractivity (Wildman–Crippen MR) is 141 cm³/mol. The number of hydrogen-bond acceptors (Lipinski definition) is 8. The van der Waals surface area contributed by atoms with Crippen LogP contribution in [0.2, 0.25) is 0 Å². The molecular formula is C24H41ClF6N6O3S. The average Bonchev–Trinajstić information content (AvgIpc) is 2.88. The summed E-state index contributed by atoms with van der Waals surface area (Å²) in [6.45, 7) is 0.936. The maximum Gasteiger partial charge on any atom is 0.411 e. The number of alkyl halides is 7. The lowest BCUT2D eigenvalue weighted by atomic mass is 9.85. The molecule has 4 fully saturated rings. The van der Waals surface area contributed by atoms with Crippen LogP contribution in [0.25, 0.3) is 0 Å². The van der Waals surface area contributed by atoms with E-state index in [2.05, 4.69) is 26.6 Å². The zero-order chi connectivity index (χ0) is 30.0. The third-order valence-electron chi connectivity index (χ3n) is 8.65. The van der Waals surface area contributed by atoms with Crippen molar-refractivity contribution in [3.05, 3.63) is 0 Å². The summed E-state index contributed by atoms with van der Waals surface area (Å²) in [6.07, 6.45) is -7.81. The second-order valence-electron chi connectivity index (χ2n) is 11.7. The lowest BCUT2D eigenvalue weighted by Crippen LogP contribution is -2.76. The van der Waals surface area contributed by atoms with Crippen molar-refractivity contribution in [3.63, 3.8) is 0 Å². The highest BCUT2D eigenvalue weighted by Gasteiger charge is 2.46. The smallest absolute Gasteiger partial charge is 0.411 e. The first kappa shape index (κ1) is 33.6. The van der Waals surface area contributed by atoms with Gasteiger partial charge in [0, 0.05) is 36.5 Å². The fourth-order valence-corrected chi connectivity index (χ4v) is 9.07. The number of nitrogens with zero attached hydrogens (tertiary/aromatic N) is 1. The Balaban J connectivity index is 1.33. The molecule has 2 aliphatic heterocycles. The number of hydrogen-bond donors (Lipinski definition) is 5. The molecule has 9 nitrogen and oxygen atoms in total. The molecule has 0 bridgehead atoms. The molecular weight excluding hydrogens is 602 g/mol. The van der Waals surface area contributed by atoms with Crippen molar-refractivity contribution in [2.75, 3.05) is 19.7 Å².